The second kappa shape index (κ2) is 2.62. The third-order valence-electron chi connectivity index (χ3n) is 3.32. The molecule has 0 aliphatic heterocycles. The lowest BCUT2D eigenvalue weighted by molar-refractivity contribution is 0.315. The first-order valence-corrected chi connectivity index (χ1v) is 5.59. The number of rotatable bonds is 3. The smallest absolute Gasteiger partial charge is 0.00911 e. The Labute approximate surface area is 77.2 Å². The van der Waals surface area contributed by atoms with Gasteiger partial charge in [0.15, 0.2) is 0 Å². The molecular weight excluding hydrogens is 200 g/mol. The summed E-state index contributed by atoms with van der Waals surface area (Å²) in [5, 5.41) is 1.18. The minimum absolute atomic E-state index is 0.606. The highest BCUT2D eigenvalue weighted by molar-refractivity contribution is 9.09. The normalized spacial score (nSPS) is 47.0. The summed E-state index contributed by atoms with van der Waals surface area (Å²) in [6, 6.07) is 0. The van der Waals surface area contributed by atoms with Gasteiger partial charge in [0.05, 0.1) is 0 Å². The number of fused-ring (bicyclic) bond motifs is 1. The van der Waals surface area contributed by atoms with Crippen molar-refractivity contribution < 1.29 is 0 Å². The van der Waals surface area contributed by atoms with Crippen molar-refractivity contribution in [3.8, 4) is 0 Å². The van der Waals surface area contributed by atoms with Gasteiger partial charge in [-0.1, -0.05) is 22.0 Å². The summed E-state index contributed by atoms with van der Waals surface area (Å²) in [6.07, 6.45) is 7.73. The van der Waals surface area contributed by atoms with Crippen molar-refractivity contribution in [2.75, 3.05) is 5.33 Å². The molecule has 0 heterocycles. The summed E-state index contributed by atoms with van der Waals surface area (Å²) < 4.78 is 0. The highest BCUT2D eigenvalue weighted by Gasteiger charge is 2.52. The fourth-order valence-corrected chi connectivity index (χ4v) is 3.33. The van der Waals surface area contributed by atoms with Crippen LogP contribution in [0.1, 0.15) is 25.7 Å². The van der Waals surface area contributed by atoms with Crippen LogP contribution in [-0.4, -0.2) is 5.33 Å². The van der Waals surface area contributed by atoms with E-state index < -0.39 is 0 Å². The van der Waals surface area contributed by atoms with Crippen LogP contribution in [0.4, 0.5) is 0 Å². The fourth-order valence-electron chi connectivity index (χ4n) is 2.64. The molecule has 0 aromatic carbocycles. The van der Waals surface area contributed by atoms with E-state index in [0.29, 0.717) is 5.41 Å². The van der Waals surface area contributed by atoms with Gasteiger partial charge >= 0.3 is 0 Å². The lowest BCUT2D eigenvalue weighted by Crippen LogP contribution is -2.19. The van der Waals surface area contributed by atoms with E-state index in [9.17, 15) is 0 Å². The Bertz CT molecular complexity index is 164. The first kappa shape index (κ1) is 7.85. The van der Waals surface area contributed by atoms with Crippen molar-refractivity contribution in [3.05, 3.63) is 12.7 Å². The molecule has 2 unspecified atom stereocenters. The van der Waals surface area contributed by atoms with E-state index in [1.165, 1.54) is 31.0 Å². The van der Waals surface area contributed by atoms with E-state index in [-0.39, 0.29) is 0 Å². The van der Waals surface area contributed by atoms with E-state index in [2.05, 4.69) is 28.6 Å². The number of halogens is 1. The summed E-state index contributed by atoms with van der Waals surface area (Å²) in [5.74, 6) is 2.18. The van der Waals surface area contributed by atoms with Crippen molar-refractivity contribution >= 4 is 15.9 Å². The Hall–Kier alpha value is 0.220. The van der Waals surface area contributed by atoms with Crippen LogP contribution in [0.3, 0.4) is 0 Å². The first-order chi connectivity index (χ1) is 5.29. The van der Waals surface area contributed by atoms with Gasteiger partial charge in [0.25, 0.3) is 0 Å². The van der Waals surface area contributed by atoms with Crippen molar-refractivity contribution in [2.45, 2.75) is 25.7 Å². The molecule has 0 N–H and O–H groups in total. The molecule has 2 atom stereocenters. The molecule has 0 aromatic heterocycles. The van der Waals surface area contributed by atoms with E-state index in [0.717, 1.165) is 11.8 Å². The zero-order chi connectivity index (χ0) is 7.90. The average molecular weight is 215 g/mol. The lowest BCUT2D eigenvalue weighted by Gasteiger charge is -2.26. The van der Waals surface area contributed by atoms with Crippen LogP contribution in [0, 0.1) is 17.3 Å². The van der Waals surface area contributed by atoms with Crippen LogP contribution >= 0.6 is 15.9 Å². The molecule has 2 aliphatic rings. The van der Waals surface area contributed by atoms with Crippen LogP contribution in [0.5, 0.6) is 0 Å². The van der Waals surface area contributed by atoms with Gasteiger partial charge in [-0.25, -0.2) is 0 Å². The van der Waals surface area contributed by atoms with Gasteiger partial charge in [-0.15, -0.1) is 6.58 Å². The molecule has 11 heavy (non-hydrogen) atoms. The summed E-state index contributed by atoms with van der Waals surface area (Å²) in [6.45, 7) is 3.84. The maximum absolute atomic E-state index is 3.84. The standard InChI is InChI=1S/C10H15Br/c1-2-3-10(7-11)5-8-4-9(8)6-10/h2,8-9H,1,3-7H2. The Balaban J connectivity index is 2.00. The third kappa shape index (κ3) is 1.28. The Kier molecular flexibility index (Phi) is 1.87. The van der Waals surface area contributed by atoms with E-state index >= 15 is 0 Å². The Morgan fingerprint density at radius 3 is 2.55 bits per heavy atom. The predicted octanol–water partition coefficient (Wildman–Crippen LogP) is 3.37. The highest BCUT2D eigenvalue weighted by atomic mass is 79.9. The average Bonchev–Trinajstić information content (AvgIpc) is 2.61. The molecule has 0 aromatic rings. The minimum Gasteiger partial charge on any atom is -0.103 e. The second-order valence-electron chi connectivity index (χ2n) is 4.29. The number of hydrogen-bond acceptors (Lipinski definition) is 0. The Morgan fingerprint density at radius 1 is 1.45 bits per heavy atom. The van der Waals surface area contributed by atoms with Gasteiger partial charge in [-0.05, 0) is 42.9 Å². The van der Waals surface area contributed by atoms with Gasteiger partial charge in [0.2, 0.25) is 0 Å². The van der Waals surface area contributed by atoms with Gasteiger partial charge in [-0.3, -0.25) is 0 Å². The van der Waals surface area contributed by atoms with Crippen LogP contribution in [0.25, 0.3) is 0 Å². The molecule has 0 nitrogen and oxygen atoms in total. The van der Waals surface area contributed by atoms with Gasteiger partial charge < -0.3 is 0 Å². The second-order valence-corrected chi connectivity index (χ2v) is 4.85. The summed E-state index contributed by atoms with van der Waals surface area (Å²) >= 11 is 3.63. The zero-order valence-corrected chi connectivity index (χ0v) is 8.44. The molecule has 0 bridgehead atoms. The first-order valence-electron chi connectivity index (χ1n) is 4.46. The molecule has 0 saturated heterocycles. The van der Waals surface area contributed by atoms with Crippen LogP contribution in [-0.2, 0) is 0 Å². The van der Waals surface area contributed by atoms with Crippen LogP contribution in [0.2, 0.25) is 0 Å². The predicted molar refractivity (Wildman–Crippen MR) is 51.9 cm³/mol. The van der Waals surface area contributed by atoms with E-state index in [4.69, 9.17) is 0 Å². The fraction of sp³-hybridized carbons (Fsp3) is 0.800. The van der Waals surface area contributed by atoms with Crippen molar-refractivity contribution in [2.24, 2.45) is 17.3 Å². The van der Waals surface area contributed by atoms with Crippen molar-refractivity contribution in [1.82, 2.24) is 0 Å². The topological polar surface area (TPSA) is 0 Å². The maximum atomic E-state index is 3.84. The number of alkyl halides is 1. The molecule has 2 fully saturated rings. The molecule has 0 spiro atoms. The van der Waals surface area contributed by atoms with Gasteiger partial charge in [0.1, 0.15) is 0 Å². The van der Waals surface area contributed by atoms with Crippen molar-refractivity contribution in [3.63, 3.8) is 0 Å². The molecule has 0 radical (unpaired) electrons. The highest BCUT2D eigenvalue weighted by Crippen LogP contribution is 2.61. The van der Waals surface area contributed by atoms with Crippen LogP contribution < -0.4 is 0 Å². The monoisotopic (exact) mass is 214 g/mol. The number of hydrogen-bond donors (Lipinski definition) is 0. The van der Waals surface area contributed by atoms with Gasteiger partial charge in [-0.2, -0.15) is 0 Å². The molecular formula is C10H15Br. The lowest BCUT2D eigenvalue weighted by atomic mass is 9.82. The molecule has 2 aliphatic carbocycles. The molecule has 0 amide bonds. The van der Waals surface area contributed by atoms with Gasteiger partial charge in [0, 0.05) is 5.33 Å². The molecule has 1 heteroatoms. The summed E-state index contributed by atoms with van der Waals surface area (Å²) in [4.78, 5) is 0. The third-order valence-corrected chi connectivity index (χ3v) is 4.51. The van der Waals surface area contributed by atoms with E-state index in [1.807, 2.05) is 0 Å². The van der Waals surface area contributed by atoms with Crippen LogP contribution in [0.15, 0.2) is 12.7 Å². The molecule has 2 saturated carbocycles. The van der Waals surface area contributed by atoms with E-state index in [1.54, 1.807) is 0 Å². The maximum Gasteiger partial charge on any atom is 0.00911 e. The SMILES string of the molecule is C=CCC1(CBr)CC2CC2C1. The molecule has 2 rings (SSSR count). The quantitative estimate of drug-likeness (QED) is 0.500. The molecule has 62 valence electrons. The minimum atomic E-state index is 0.606. The number of allylic oxidation sites excluding steroid dienone is 1. The summed E-state index contributed by atoms with van der Waals surface area (Å²) in [7, 11) is 0. The zero-order valence-electron chi connectivity index (χ0n) is 6.85. The Morgan fingerprint density at radius 2 is 2.09 bits per heavy atom. The van der Waals surface area contributed by atoms with Crippen molar-refractivity contribution in [1.29, 1.82) is 0 Å². The summed E-state index contributed by atoms with van der Waals surface area (Å²) in [5.41, 5.74) is 0.606. The largest absolute Gasteiger partial charge is 0.103 e.